The molecule has 7 rings (SSSR count). The molecule has 0 unspecified atom stereocenters. The van der Waals surface area contributed by atoms with E-state index in [4.69, 9.17) is 9.84 Å². The summed E-state index contributed by atoms with van der Waals surface area (Å²) in [5.74, 6) is 0.637. The number of para-hydroxylation sites is 1. The van der Waals surface area contributed by atoms with E-state index in [1.54, 1.807) is 0 Å². The number of carbonyl (C=O) groups is 1. The van der Waals surface area contributed by atoms with Gasteiger partial charge in [0, 0.05) is 34.9 Å². The van der Waals surface area contributed by atoms with Crippen LogP contribution in [0.25, 0.3) is 27.8 Å². The van der Waals surface area contributed by atoms with Crippen LogP contribution in [0, 0.1) is 6.92 Å². The SMILES string of the molecule is Cc1ccc(OC[C@@H]2CCN2)cc1C(=O)NC1(c2cc(-c3ccn(-c4ccccc4)n3)cc3ncccc23)CC1. The Hall–Kier alpha value is -4.49. The molecule has 0 radical (unpaired) electrons. The maximum atomic E-state index is 13.7. The Balaban J connectivity index is 1.20. The fraction of sp³-hybridized carbons (Fsp3) is 0.242. The van der Waals surface area contributed by atoms with Crippen molar-refractivity contribution in [2.45, 2.75) is 37.8 Å². The highest BCUT2D eigenvalue weighted by Crippen LogP contribution is 2.49. The number of amides is 1. The molecule has 1 saturated heterocycles. The average Bonchev–Trinajstić information content (AvgIpc) is 3.56. The standard InChI is InChI=1S/C33H31N5O2/c1-22-9-10-26(40-21-24-11-16-34-24)20-28(22)32(39)36-33(13-14-33)29-18-23(19-31-27(29)8-5-15-35-31)30-12-17-38(37-30)25-6-3-2-4-7-25/h2-10,12,15,17-20,24,34H,11,13-14,16,21H2,1H3,(H,36,39)/t24-/m0/s1. The van der Waals surface area contributed by atoms with Gasteiger partial charge in [-0.05, 0) is 92.4 Å². The van der Waals surface area contributed by atoms with Gasteiger partial charge < -0.3 is 15.4 Å². The van der Waals surface area contributed by atoms with Gasteiger partial charge in [-0.25, -0.2) is 4.68 Å². The summed E-state index contributed by atoms with van der Waals surface area (Å²) < 4.78 is 7.86. The first-order valence-electron chi connectivity index (χ1n) is 13.9. The number of aromatic nitrogens is 3. The summed E-state index contributed by atoms with van der Waals surface area (Å²) in [5.41, 5.74) is 5.94. The highest BCUT2D eigenvalue weighted by atomic mass is 16.5. The third-order valence-corrected chi connectivity index (χ3v) is 8.08. The lowest BCUT2D eigenvalue weighted by molar-refractivity contribution is 0.0930. The number of aryl methyl sites for hydroxylation is 1. The van der Waals surface area contributed by atoms with E-state index in [2.05, 4.69) is 33.8 Å². The van der Waals surface area contributed by atoms with Crippen LogP contribution in [0.1, 0.15) is 40.7 Å². The molecule has 3 heterocycles. The molecule has 40 heavy (non-hydrogen) atoms. The maximum Gasteiger partial charge on any atom is 0.252 e. The number of carbonyl (C=O) groups excluding carboxylic acids is 1. The quantitative estimate of drug-likeness (QED) is 0.275. The number of nitrogens with zero attached hydrogens (tertiary/aromatic N) is 3. The minimum atomic E-state index is -0.449. The summed E-state index contributed by atoms with van der Waals surface area (Å²) >= 11 is 0. The topological polar surface area (TPSA) is 81.1 Å². The fourth-order valence-electron chi connectivity index (χ4n) is 5.42. The minimum Gasteiger partial charge on any atom is -0.492 e. The number of hydrogen-bond acceptors (Lipinski definition) is 5. The molecule has 2 aliphatic rings. The maximum absolute atomic E-state index is 13.7. The largest absolute Gasteiger partial charge is 0.492 e. The molecule has 1 aliphatic carbocycles. The smallest absolute Gasteiger partial charge is 0.252 e. The molecular formula is C33H31N5O2. The molecule has 3 aromatic carbocycles. The monoisotopic (exact) mass is 529 g/mol. The zero-order valence-electron chi connectivity index (χ0n) is 22.4. The Labute approximate surface area is 233 Å². The van der Waals surface area contributed by atoms with E-state index in [1.807, 2.05) is 84.7 Å². The van der Waals surface area contributed by atoms with Crippen LogP contribution in [0.4, 0.5) is 0 Å². The van der Waals surface area contributed by atoms with E-state index >= 15 is 0 Å². The summed E-state index contributed by atoms with van der Waals surface area (Å²) in [4.78, 5) is 18.4. The lowest BCUT2D eigenvalue weighted by atomic mass is 9.95. The summed E-state index contributed by atoms with van der Waals surface area (Å²) in [6.45, 7) is 3.62. The first-order valence-corrected chi connectivity index (χ1v) is 13.9. The number of rotatable bonds is 8. The van der Waals surface area contributed by atoms with Crippen LogP contribution in [0.15, 0.2) is 91.3 Å². The molecule has 0 bridgehead atoms. The van der Waals surface area contributed by atoms with Gasteiger partial charge in [0.2, 0.25) is 0 Å². The summed E-state index contributed by atoms with van der Waals surface area (Å²) in [5, 5.41) is 12.6. The summed E-state index contributed by atoms with van der Waals surface area (Å²) in [7, 11) is 0. The second kappa shape index (κ2) is 9.92. The molecule has 1 saturated carbocycles. The van der Waals surface area contributed by atoms with Crippen LogP contribution in [-0.4, -0.2) is 39.9 Å². The number of benzene rings is 3. The van der Waals surface area contributed by atoms with Crippen molar-refractivity contribution >= 4 is 16.8 Å². The average molecular weight is 530 g/mol. The minimum absolute atomic E-state index is 0.0852. The zero-order valence-corrected chi connectivity index (χ0v) is 22.4. The van der Waals surface area contributed by atoms with Crippen LogP contribution < -0.4 is 15.4 Å². The van der Waals surface area contributed by atoms with Crippen molar-refractivity contribution in [2.24, 2.45) is 0 Å². The number of ether oxygens (including phenoxy) is 1. The van der Waals surface area contributed by atoms with Crippen molar-refractivity contribution in [2.75, 3.05) is 13.2 Å². The Kier molecular flexibility index (Phi) is 6.09. The number of hydrogen-bond donors (Lipinski definition) is 2. The van der Waals surface area contributed by atoms with E-state index in [9.17, 15) is 4.79 Å². The second-order valence-electron chi connectivity index (χ2n) is 10.8. The third-order valence-electron chi connectivity index (χ3n) is 8.08. The molecule has 1 amide bonds. The Bertz CT molecular complexity index is 1700. The van der Waals surface area contributed by atoms with Crippen molar-refractivity contribution < 1.29 is 9.53 Å². The van der Waals surface area contributed by atoms with E-state index in [-0.39, 0.29) is 5.91 Å². The van der Waals surface area contributed by atoms with Crippen LogP contribution in [0.5, 0.6) is 5.75 Å². The lowest BCUT2D eigenvalue weighted by Crippen LogP contribution is -2.46. The number of nitrogens with one attached hydrogen (secondary N) is 2. The van der Waals surface area contributed by atoms with Crippen LogP contribution in [0.3, 0.4) is 0 Å². The van der Waals surface area contributed by atoms with E-state index in [0.29, 0.717) is 18.2 Å². The van der Waals surface area contributed by atoms with Crippen LogP contribution in [0.2, 0.25) is 0 Å². The fourth-order valence-corrected chi connectivity index (χ4v) is 5.42. The van der Waals surface area contributed by atoms with Crippen LogP contribution in [-0.2, 0) is 5.54 Å². The van der Waals surface area contributed by atoms with Gasteiger partial charge in [0.05, 0.1) is 22.4 Å². The normalized spacial score (nSPS) is 17.3. The van der Waals surface area contributed by atoms with Crippen molar-refractivity contribution in [1.82, 2.24) is 25.4 Å². The van der Waals surface area contributed by atoms with E-state index in [1.165, 1.54) is 0 Å². The van der Waals surface area contributed by atoms with Gasteiger partial charge in [0.15, 0.2) is 0 Å². The Morgan fingerprint density at radius 1 is 1.07 bits per heavy atom. The highest BCUT2D eigenvalue weighted by molar-refractivity contribution is 5.98. The number of pyridine rings is 1. The second-order valence-corrected chi connectivity index (χ2v) is 10.8. The molecular weight excluding hydrogens is 498 g/mol. The van der Waals surface area contributed by atoms with Gasteiger partial charge in [-0.2, -0.15) is 5.10 Å². The van der Waals surface area contributed by atoms with Crippen molar-refractivity contribution in [1.29, 1.82) is 0 Å². The highest BCUT2D eigenvalue weighted by Gasteiger charge is 2.47. The summed E-state index contributed by atoms with van der Waals surface area (Å²) in [6, 6.07) is 26.5. The Morgan fingerprint density at radius 2 is 1.93 bits per heavy atom. The Morgan fingerprint density at radius 3 is 2.70 bits per heavy atom. The molecule has 2 fully saturated rings. The molecule has 2 N–H and O–H groups in total. The first kappa shape index (κ1) is 24.5. The predicted molar refractivity (Wildman–Crippen MR) is 156 cm³/mol. The molecule has 0 spiro atoms. The van der Waals surface area contributed by atoms with Gasteiger partial charge in [0.1, 0.15) is 12.4 Å². The van der Waals surface area contributed by atoms with Crippen molar-refractivity contribution in [3.8, 4) is 22.7 Å². The lowest BCUT2D eigenvalue weighted by Gasteiger charge is -2.27. The number of fused-ring (bicyclic) bond motifs is 1. The molecule has 7 heteroatoms. The molecule has 1 atom stereocenters. The molecule has 2 aromatic heterocycles. The first-order chi connectivity index (χ1) is 19.6. The third kappa shape index (κ3) is 4.62. The zero-order chi connectivity index (χ0) is 27.1. The van der Waals surface area contributed by atoms with Gasteiger partial charge in [-0.1, -0.05) is 30.3 Å². The van der Waals surface area contributed by atoms with Gasteiger partial charge in [0.25, 0.3) is 5.91 Å². The van der Waals surface area contributed by atoms with Gasteiger partial charge in [-0.15, -0.1) is 0 Å². The van der Waals surface area contributed by atoms with Gasteiger partial charge in [-0.3, -0.25) is 9.78 Å². The summed E-state index contributed by atoms with van der Waals surface area (Å²) in [6.07, 6.45) is 6.64. The van der Waals surface area contributed by atoms with E-state index in [0.717, 1.165) is 70.5 Å². The van der Waals surface area contributed by atoms with Gasteiger partial charge >= 0.3 is 0 Å². The van der Waals surface area contributed by atoms with Crippen LogP contribution >= 0.6 is 0 Å². The predicted octanol–water partition coefficient (Wildman–Crippen LogP) is 5.56. The van der Waals surface area contributed by atoms with E-state index < -0.39 is 5.54 Å². The molecule has 7 nitrogen and oxygen atoms in total. The molecule has 200 valence electrons. The molecule has 5 aromatic rings. The van der Waals surface area contributed by atoms with Crippen molar-refractivity contribution in [3.63, 3.8) is 0 Å². The van der Waals surface area contributed by atoms with Crippen molar-refractivity contribution in [3.05, 3.63) is 108 Å². The molecule has 1 aliphatic heterocycles.